The summed E-state index contributed by atoms with van der Waals surface area (Å²) >= 11 is 0. The predicted molar refractivity (Wildman–Crippen MR) is 136 cm³/mol. The molecular weight excluding hydrogens is 440 g/mol. The summed E-state index contributed by atoms with van der Waals surface area (Å²) in [5.74, 6) is 0.0613. The van der Waals surface area contributed by atoms with Gasteiger partial charge in [-0.15, -0.1) is 0 Å². The monoisotopic (exact) mass is 490 g/mol. The van der Waals surface area contributed by atoms with E-state index in [-0.39, 0.29) is 39.9 Å². The summed E-state index contributed by atoms with van der Waals surface area (Å²) in [6.45, 7) is 17.3. The third-order valence-electron chi connectivity index (χ3n) is 13.6. The van der Waals surface area contributed by atoms with Crippen LogP contribution < -0.4 is 0 Å². The van der Waals surface area contributed by atoms with E-state index in [1.54, 1.807) is 0 Å². The number of allylic oxidation sites excluding steroid dienone is 1. The van der Waals surface area contributed by atoms with Crippen LogP contribution in [-0.2, 0) is 0 Å². The van der Waals surface area contributed by atoms with Gasteiger partial charge < -0.3 is 25.5 Å². The van der Waals surface area contributed by atoms with Crippen molar-refractivity contribution in [1.29, 1.82) is 0 Å². The van der Waals surface area contributed by atoms with Crippen molar-refractivity contribution in [3.8, 4) is 0 Å². The molecule has 0 amide bonds. The minimum Gasteiger partial charge on any atom is -0.390 e. The first-order valence-electron chi connectivity index (χ1n) is 14.1. The number of hydrogen-bond acceptors (Lipinski definition) is 5. The van der Waals surface area contributed by atoms with Gasteiger partial charge in [-0.05, 0) is 84.9 Å². The minimum atomic E-state index is -1.23. The highest BCUT2D eigenvalue weighted by Crippen LogP contribution is 2.75. The Balaban J connectivity index is 1.68. The van der Waals surface area contributed by atoms with Crippen LogP contribution in [0.15, 0.2) is 11.6 Å². The molecule has 0 saturated heterocycles. The van der Waals surface area contributed by atoms with Gasteiger partial charge >= 0.3 is 0 Å². The Kier molecular flexibility index (Phi) is 5.49. The van der Waals surface area contributed by atoms with E-state index in [0.29, 0.717) is 0 Å². The third kappa shape index (κ3) is 2.94. The number of hydrogen-bond donors (Lipinski definition) is 5. The molecule has 0 aromatic rings. The van der Waals surface area contributed by atoms with Gasteiger partial charge in [0.2, 0.25) is 0 Å². The summed E-state index contributed by atoms with van der Waals surface area (Å²) in [6, 6.07) is 0. The first kappa shape index (κ1) is 26.2. The molecule has 200 valence electrons. The van der Waals surface area contributed by atoms with Crippen molar-refractivity contribution in [2.24, 2.45) is 50.7 Å². The van der Waals surface area contributed by atoms with Crippen LogP contribution in [0.5, 0.6) is 0 Å². The summed E-state index contributed by atoms with van der Waals surface area (Å²) < 4.78 is 0. The van der Waals surface area contributed by atoms with Crippen molar-refractivity contribution in [1.82, 2.24) is 0 Å². The fraction of sp³-hybridized carbons (Fsp3) is 0.933. The van der Waals surface area contributed by atoms with E-state index in [0.717, 1.165) is 38.5 Å². The highest BCUT2D eigenvalue weighted by atomic mass is 16.4. The molecule has 13 atom stereocenters. The molecule has 0 spiro atoms. The quantitative estimate of drug-likeness (QED) is 0.330. The molecular formula is C30H50O5. The Bertz CT molecular complexity index is 926. The van der Waals surface area contributed by atoms with Crippen molar-refractivity contribution >= 4 is 0 Å². The summed E-state index contributed by atoms with van der Waals surface area (Å²) in [5, 5.41) is 56.7. The van der Waals surface area contributed by atoms with Gasteiger partial charge in [-0.3, -0.25) is 0 Å². The van der Waals surface area contributed by atoms with E-state index in [1.165, 1.54) is 5.57 Å². The second-order valence-electron chi connectivity index (χ2n) is 15.3. The van der Waals surface area contributed by atoms with E-state index < -0.39 is 40.8 Å². The molecule has 4 saturated carbocycles. The van der Waals surface area contributed by atoms with Crippen LogP contribution in [0.4, 0.5) is 0 Å². The maximum absolute atomic E-state index is 12.0. The Hall–Kier alpha value is -0.460. The highest BCUT2D eigenvalue weighted by molar-refractivity contribution is 5.36. The SMILES string of the molecule is C[C@@H]1[C@H]2C3=C[C@@H](O)[C@@H]4[C@]5(C)C(CC[C@@]4(C)[C@]3(C)CC[C@@]2(C)CC[C@]1(C)O)C(C)(C)[C@@H](O)[C@H](O)[C@H]5O. The van der Waals surface area contributed by atoms with Gasteiger partial charge in [-0.25, -0.2) is 0 Å². The summed E-state index contributed by atoms with van der Waals surface area (Å²) in [7, 11) is 0. The van der Waals surface area contributed by atoms with Crippen LogP contribution in [0.3, 0.4) is 0 Å². The van der Waals surface area contributed by atoms with Gasteiger partial charge in [-0.1, -0.05) is 60.1 Å². The van der Waals surface area contributed by atoms with Crippen LogP contribution in [0.2, 0.25) is 0 Å². The maximum Gasteiger partial charge on any atom is 0.107 e. The average molecular weight is 491 g/mol. The maximum atomic E-state index is 12.0. The van der Waals surface area contributed by atoms with Gasteiger partial charge in [0, 0.05) is 11.3 Å². The van der Waals surface area contributed by atoms with Crippen LogP contribution >= 0.6 is 0 Å². The topological polar surface area (TPSA) is 101 Å². The van der Waals surface area contributed by atoms with Gasteiger partial charge in [0.1, 0.15) is 6.10 Å². The van der Waals surface area contributed by atoms with Gasteiger partial charge in [0.05, 0.1) is 23.9 Å². The molecule has 5 rings (SSSR count). The molecule has 5 heteroatoms. The molecule has 5 nitrogen and oxygen atoms in total. The Morgan fingerprint density at radius 2 is 1.40 bits per heavy atom. The molecule has 5 N–H and O–H groups in total. The standard InChI is InChI=1S/C30H50O5/c1-16-20-17-15-18(31)22-28(6,27(17,5)13-11-26(20,4)12-14-29(16,7)35)10-9-19-25(2,3)23(33)21(32)24(34)30(19,22)8/h15-16,18-24,31-35H,9-14H2,1-8H3/t16-,18-,19?,20+,21+,22+,23+,24-,26+,27-,28-,29+,30+/m1/s1. The fourth-order valence-corrected chi connectivity index (χ4v) is 10.9. The van der Waals surface area contributed by atoms with Gasteiger partial charge in [0.15, 0.2) is 0 Å². The normalized spacial score (nSPS) is 61.6. The number of rotatable bonds is 0. The zero-order valence-corrected chi connectivity index (χ0v) is 23.2. The Morgan fingerprint density at radius 3 is 2.03 bits per heavy atom. The van der Waals surface area contributed by atoms with E-state index in [2.05, 4.69) is 40.7 Å². The van der Waals surface area contributed by atoms with Crippen molar-refractivity contribution in [2.45, 2.75) is 124 Å². The largest absolute Gasteiger partial charge is 0.390 e. The van der Waals surface area contributed by atoms with Crippen molar-refractivity contribution in [3.05, 3.63) is 11.6 Å². The molecule has 0 bridgehead atoms. The molecule has 0 aromatic heterocycles. The third-order valence-corrected chi connectivity index (χ3v) is 13.6. The lowest BCUT2D eigenvalue weighted by Crippen LogP contribution is -2.74. The summed E-state index contributed by atoms with van der Waals surface area (Å²) in [5.41, 5.74) is -1.03. The van der Waals surface area contributed by atoms with Crippen LogP contribution in [0, 0.1) is 50.7 Å². The van der Waals surface area contributed by atoms with E-state index in [1.807, 2.05) is 20.8 Å². The van der Waals surface area contributed by atoms with Crippen molar-refractivity contribution in [2.75, 3.05) is 0 Å². The molecule has 4 fully saturated rings. The zero-order valence-electron chi connectivity index (χ0n) is 23.2. The zero-order chi connectivity index (χ0) is 26.1. The van der Waals surface area contributed by atoms with Crippen LogP contribution in [0.25, 0.3) is 0 Å². The summed E-state index contributed by atoms with van der Waals surface area (Å²) in [6.07, 6.45) is 3.73. The van der Waals surface area contributed by atoms with Gasteiger partial charge in [0.25, 0.3) is 0 Å². The highest BCUT2D eigenvalue weighted by Gasteiger charge is 2.73. The first-order valence-corrected chi connectivity index (χ1v) is 14.1. The van der Waals surface area contributed by atoms with E-state index in [4.69, 9.17) is 0 Å². The molecule has 5 aliphatic rings. The average Bonchev–Trinajstić information content (AvgIpc) is 2.76. The molecule has 5 aliphatic carbocycles. The fourth-order valence-electron chi connectivity index (χ4n) is 10.9. The second-order valence-corrected chi connectivity index (χ2v) is 15.3. The van der Waals surface area contributed by atoms with Gasteiger partial charge in [-0.2, -0.15) is 0 Å². The van der Waals surface area contributed by atoms with Crippen molar-refractivity contribution < 1.29 is 25.5 Å². The second kappa shape index (κ2) is 7.34. The van der Waals surface area contributed by atoms with E-state index in [9.17, 15) is 25.5 Å². The first-order chi connectivity index (χ1) is 15.9. The van der Waals surface area contributed by atoms with Crippen LogP contribution in [-0.4, -0.2) is 55.5 Å². The Morgan fingerprint density at radius 1 is 0.800 bits per heavy atom. The smallest absolute Gasteiger partial charge is 0.107 e. The lowest BCUT2D eigenvalue weighted by molar-refractivity contribution is -0.291. The van der Waals surface area contributed by atoms with E-state index >= 15 is 0 Å². The Labute approximate surface area is 212 Å². The predicted octanol–water partition coefficient (Wildman–Crippen LogP) is 4.05. The number of aliphatic hydroxyl groups is 5. The lowest BCUT2D eigenvalue weighted by Gasteiger charge is -2.73. The summed E-state index contributed by atoms with van der Waals surface area (Å²) in [4.78, 5) is 0. The van der Waals surface area contributed by atoms with Crippen molar-refractivity contribution in [3.63, 3.8) is 0 Å². The lowest BCUT2D eigenvalue weighted by atomic mass is 9.32. The molecule has 0 aliphatic heterocycles. The molecule has 0 radical (unpaired) electrons. The minimum absolute atomic E-state index is 0.0159. The van der Waals surface area contributed by atoms with Crippen LogP contribution in [0.1, 0.15) is 93.9 Å². The number of fused-ring (bicyclic) bond motifs is 7. The molecule has 1 unspecified atom stereocenters. The number of aliphatic hydroxyl groups excluding tert-OH is 4. The molecule has 0 heterocycles. The molecule has 0 aromatic carbocycles. The molecule has 35 heavy (non-hydrogen) atoms.